The fourth-order valence-corrected chi connectivity index (χ4v) is 3.96. The highest BCUT2D eigenvalue weighted by atomic mass is 16.6. The molecule has 2 aliphatic heterocycles. The highest BCUT2D eigenvalue weighted by molar-refractivity contribution is 5.84. The average molecular weight is 405 g/mol. The van der Waals surface area contributed by atoms with Gasteiger partial charge < -0.3 is 19.1 Å². The molecule has 8 heteroatoms. The van der Waals surface area contributed by atoms with Gasteiger partial charge in [0.15, 0.2) is 0 Å². The Labute approximate surface area is 172 Å². The molecule has 0 spiro atoms. The summed E-state index contributed by atoms with van der Waals surface area (Å²) in [4.78, 5) is 43.1. The lowest BCUT2D eigenvalue weighted by molar-refractivity contribution is -0.144. The number of likely N-dealkylation sites (tertiary alicyclic amines) is 1. The maximum atomic E-state index is 12.9. The van der Waals surface area contributed by atoms with E-state index in [1.165, 1.54) is 4.90 Å². The number of carbonyl (C=O) groups is 3. The quantitative estimate of drug-likeness (QED) is 0.773. The van der Waals surface area contributed by atoms with Gasteiger partial charge in [-0.15, -0.1) is 0 Å². The smallest absolute Gasteiger partial charge is 0.410 e. The summed E-state index contributed by atoms with van der Waals surface area (Å²) in [5.41, 5.74) is -0.585. The Kier molecular flexibility index (Phi) is 6.19. The zero-order valence-electron chi connectivity index (χ0n) is 17.8. The molecule has 3 heterocycles. The van der Waals surface area contributed by atoms with Crippen molar-refractivity contribution >= 4 is 17.9 Å². The van der Waals surface area contributed by atoms with E-state index in [0.717, 1.165) is 12.8 Å². The summed E-state index contributed by atoms with van der Waals surface area (Å²) in [6.45, 7) is 9.54. The van der Waals surface area contributed by atoms with Crippen molar-refractivity contribution in [1.29, 1.82) is 0 Å². The Morgan fingerprint density at radius 3 is 2.41 bits per heavy atom. The molecule has 0 N–H and O–H groups in total. The van der Waals surface area contributed by atoms with Crippen LogP contribution in [0.2, 0.25) is 0 Å². The first-order valence-electron chi connectivity index (χ1n) is 10.3. The molecule has 2 aliphatic rings. The molecule has 0 aliphatic carbocycles. The van der Waals surface area contributed by atoms with Crippen LogP contribution in [0.1, 0.15) is 46.6 Å². The SMILES string of the molecule is C[C@H](C(=O)N1CCC[C@@H](N2CCN(C(=O)OC(C)(C)C)CC2=O)C1)n1cccc1. The number of aromatic nitrogens is 1. The number of hydrogen-bond donors (Lipinski definition) is 0. The van der Waals surface area contributed by atoms with Gasteiger partial charge in [-0.3, -0.25) is 14.5 Å². The van der Waals surface area contributed by atoms with E-state index in [2.05, 4.69) is 0 Å². The van der Waals surface area contributed by atoms with Crippen LogP contribution in [-0.4, -0.2) is 81.5 Å². The normalized spacial score (nSPS) is 21.9. The summed E-state index contributed by atoms with van der Waals surface area (Å²) in [7, 11) is 0. The molecule has 0 saturated carbocycles. The molecule has 160 valence electrons. The Bertz CT molecular complexity index is 740. The van der Waals surface area contributed by atoms with E-state index in [1.807, 2.05) is 66.6 Å². The summed E-state index contributed by atoms with van der Waals surface area (Å²) >= 11 is 0. The summed E-state index contributed by atoms with van der Waals surface area (Å²) < 4.78 is 7.28. The van der Waals surface area contributed by atoms with Crippen LogP contribution in [0.25, 0.3) is 0 Å². The number of ether oxygens (including phenoxy) is 1. The number of piperazine rings is 1. The lowest BCUT2D eigenvalue weighted by Gasteiger charge is -2.43. The minimum Gasteiger partial charge on any atom is -0.444 e. The minimum absolute atomic E-state index is 0.00199. The summed E-state index contributed by atoms with van der Waals surface area (Å²) in [6.07, 6.45) is 5.08. The molecule has 0 bridgehead atoms. The topological polar surface area (TPSA) is 75.1 Å². The third-order valence-electron chi connectivity index (χ3n) is 5.49. The van der Waals surface area contributed by atoms with E-state index in [-0.39, 0.29) is 30.4 Å². The van der Waals surface area contributed by atoms with E-state index >= 15 is 0 Å². The molecule has 1 aromatic rings. The number of hydrogen-bond acceptors (Lipinski definition) is 4. The highest BCUT2D eigenvalue weighted by Crippen LogP contribution is 2.22. The second-order valence-corrected chi connectivity index (χ2v) is 8.88. The van der Waals surface area contributed by atoms with Crippen LogP contribution in [0.3, 0.4) is 0 Å². The molecule has 2 atom stereocenters. The van der Waals surface area contributed by atoms with Crippen LogP contribution in [0.4, 0.5) is 4.79 Å². The first kappa shape index (κ1) is 21.2. The van der Waals surface area contributed by atoms with Gasteiger partial charge in [-0.25, -0.2) is 4.79 Å². The van der Waals surface area contributed by atoms with Crippen molar-refractivity contribution in [3.63, 3.8) is 0 Å². The predicted octanol–water partition coefficient (Wildman–Crippen LogP) is 2.12. The monoisotopic (exact) mass is 404 g/mol. The Morgan fingerprint density at radius 1 is 1.10 bits per heavy atom. The van der Waals surface area contributed by atoms with Gasteiger partial charge >= 0.3 is 6.09 Å². The first-order chi connectivity index (χ1) is 13.7. The van der Waals surface area contributed by atoms with Crippen LogP contribution < -0.4 is 0 Å². The van der Waals surface area contributed by atoms with Crippen LogP contribution in [0.15, 0.2) is 24.5 Å². The molecule has 0 unspecified atom stereocenters. The van der Waals surface area contributed by atoms with Crippen LogP contribution in [0, 0.1) is 0 Å². The van der Waals surface area contributed by atoms with Gasteiger partial charge in [0, 0.05) is 44.6 Å². The third-order valence-corrected chi connectivity index (χ3v) is 5.49. The molecule has 3 amide bonds. The van der Waals surface area contributed by atoms with Gasteiger partial charge in [0.25, 0.3) is 0 Å². The first-order valence-corrected chi connectivity index (χ1v) is 10.3. The van der Waals surface area contributed by atoms with Crippen molar-refractivity contribution in [3.05, 3.63) is 24.5 Å². The largest absolute Gasteiger partial charge is 0.444 e. The van der Waals surface area contributed by atoms with E-state index in [4.69, 9.17) is 4.74 Å². The van der Waals surface area contributed by atoms with Crippen molar-refractivity contribution in [2.24, 2.45) is 0 Å². The summed E-state index contributed by atoms with van der Waals surface area (Å²) in [5.74, 6) is -0.00870. The summed E-state index contributed by atoms with van der Waals surface area (Å²) in [5, 5.41) is 0. The van der Waals surface area contributed by atoms with Gasteiger partial charge in [-0.1, -0.05) is 0 Å². The molecule has 2 fully saturated rings. The van der Waals surface area contributed by atoms with E-state index in [9.17, 15) is 14.4 Å². The van der Waals surface area contributed by atoms with Crippen molar-refractivity contribution in [2.45, 2.75) is 58.2 Å². The van der Waals surface area contributed by atoms with E-state index in [0.29, 0.717) is 26.2 Å². The lowest BCUT2D eigenvalue weighted by Crippen LogP contribution is -2.59. The van der Waals surface area contributed by atoms with E-state index < -0.39 is 11.7 Å². The Balaban J connectivity index is 1.58. The molecule has 0 aromatic carbocycles. The van der Waals surface area contributed by atoms with Gasteiger partial charge in [-0.2, -0.15) is 0 Å². The molecule has 3 rings (SSSR count). The fraction of sp³-hybridized carbons (Fsp3) is 0.667. The van der Waals surface area contributed by atoms with Crippen LogP contribution in [0.5, 0.6) is 0 Å². The molecule has 8 nitrogen and oxygen atoms in total. The van der Waals surface area contributed by atoms with Crippen molar-refractivity contribution < 1.29 is 19.1 Å². The van der Waals surface area contributed by atoms with Gasteiger partial charge in [0.05, 0.1) is 0 Å². The number of rotatable bonds is 3. The predicted molar refractivity (Wildman–Crippen MR) is 108 cm³/mol. The Hall–Kier alpha value is -2.51. The molecule has 0 radical (unpaired) electrons. The number of piperidine rings is 1. The molecular weight excluding hydrogens is 372 g/mol. The zero-order chi connectivity index (χ0) is 21.2. The van der Waals surface area contributed by atoms with Crippen molar-refractivity contribution in [1.82, 2.24) is 19.3 Å². The molecule has 1 aromatic heterocycles. The summed E-state index contributed by atoms with van der Waals surface area (Å²) in [6, 6.07) is 3.55. The van der Waals surface area contributed by atoms with Gasteiger partial charge in [-0.05, 0) is 52.7 Å². The standard InChI is InChI=1S/C21H32N4O4/c1-16(22-9-5-6-10-22)19(27)23-11-7-8-17(14-23)25-13-12-24(15-18(25)26)20(28)29-21(2,3)4/h5-6,9-10,16-17H,7-8,11-15H2,1-4H3/t16-,17-/m1/s1. The van der Waals surface area contributed by atoms with Crippen molar-refractivity contribution in [2.75, 3.05) is 32.7 Å². The molecule has 29 heavy (non-hydrogen) atoms. The van der Waals surface area contributed by atoms with Gasteiger partial charge in [0.2, 0.25) is 11.8 Å². The van der Waals surface area contributed by atoms with Crippen LogP contribution >= 0.6 is 0 Å². The minimum atomic E-state index is -0.585. The molecular formula is C21H32N4O4. The van der Waals surface area contributed by atoms with Crippen LogP contribution in [-0.2, 0) is 14.3 Å². The second-order valence-electron chi connectivity index (χ2n) is 8.88. The number of carbonyl (C=O) groups excluding carboxylic acids is 3. The van der Waals surface area contributed by atoms with E-state index in [1.54, 1.807) is 0 Å². The maximum absolute atomic E-state index is 12.9. The number of amides is 3. The highest BCUT2D eigenvalue weighted by Gasteiger charge is 2.36. The Morgan fingerprint density at radius 2 is 1.79 bits per heavy atom. The average Bonchev–Trinajstić information content (AvgIpc) is 3.20. The fourth-order valence-electron chi connectivity index (χ4n) is 3.96. The second kappa shape index (κ2) is 8.47. The van der Waals surface area contributed by atoms with Crippen molar-refractivity contribution in [3.8, 4) is 0 Å². The number of nitrogens with zero attached hydrogens (tertiary/aromatic N) is 4. The lowest BCUT2D eigenvalue weighted by atomic mass is 10.0. The maximum Gasteiger partial charge on any atom is 0.410 e. The zero-order valence-corrected chi connectivity index (χ0v) is 17.8. The molecule has 2 saturated heterocycles. The van der Waals surface area contributed by atoms with Gasteiger partial charge in [0.1, 0.15) is 18.2 Å². The third kappa shape index (κ3) is 5.10.